The van der Waals surface area contributed by atoms with E-state index in [-0.39, 0.29) is 30.4 Å². The lowest BCUT2D eigenvalue weighted by Gasteiger charge is -2.40. The van der Waals surface area contributed by atoms with Crippen LogP contribution in [0.4, 0.5) is 11.4 Å². The maximum absolute atomic E-state index is 12.8. The largest absolute Gasteiger partial charge is 0.378 e. The summed E-state index contributed by atoms with van der Waals surface area (Å²) in [7, 11) is 0. The molecule has 0 aromatic heterocycles. The quantitative estimate of drug-likeness (QED) is 0.0476. The Morgan fingerprint density at radius 3 is 1.75 bits per heavy atom. The van der Waals surface area contributed by atoms with Crippen LogP contribution in [0.2, 0.25) is 5.02 Å². The number of ether oxygens (including phenoxy) is 7. The molecule has 310 valence electrons. The Kier molecular flexibility index (Phi) is 21.2. The van der Waals surface area contributed by atoms with Crippen molar-refractivity contribution in [3.8, 4) is 11.1 Å². The molecule has 0 saturated carbocycles. The number of fused-ring (bicyclic) bond motifs is 1. The van der Waals surface area contributed by atoms with E-state index in [2.05, 4.69) is 28.5 Å². The number of carbonyl (C=O) groups excluding carboxylic acids is 2. The standard InChI is InChI=1S/C42H55ClN4O10/c1-3-38-31-40(46-37-11-9-36(43)10-12-37)39-30-35(8-13-41(39)47(38)32(2)48)33-4-6-34(7-5-33)42(49)44-14-16-51-18-20-53-22-24-55-26-28-57-29-27-56-25-23-54-21-19-52-17-15-45-50/h3-13,30,38,40,46H,1,14-29,31H2,2H3,(H,44,49)/t38-,40?/m0/s1. The zero-order chi connectivity index (χ0) is 40.5. The summed E-state index contributed by atoms with van der Waals surface area (Å²) in [6, 6.07) is 20.9. The average molecular weight is 811 g/mol. The van der Waals surface area contributed by atoms with E-state index in [4.69, 9.17) is 44.8 Å². The van der Waals surface area contributed by atoms with E-state index in [1.54, 1.807) is 24.0 Å². The van der Waals surface area contributed by atoms with E-state index in [0.717, 1.165) is 28.1 Å². The Hall–Kier alpha value is -4.25. The average Bonchev–Trinajstić information content (AvgIpc) is 3.22. The van der Waals surface area contributed by atoms with Crippen LogP contribution < -0.4 is 15.5 Å². The van der Waals surface area contributed by atoms with Gasteiger partial charge in [-0.25, -0.2) is 0 Å². The van der Waals surface area contributed by atoms with Gasteiger partial charge in [0.1, 0.15) is 6.54 Å². The zero-order valence-corrected chi connectivity index (χ0v) is 33.4. The van der Waals surface area contributed by atoms with Crippen molar-refractivity contribution in [1.29, 1.82) is 0 Å². The van der Waals surface area contributed by atoms with Crippen molar-refractivity contribution < 1.29 is 42.7 Å². The first-order valence-corrected chi connectivity index (χ1v) is 19.6. The monoisotopic (exact) mass is 810 g/mol. The molecule has 3 aromatic rings. The number of hydrogen-bond donors (Lipinski definition) is 2. The van der Waals surface area contributed by atoms with Gasteiger partial charge in [-0.3, -0.25) is 9.59 Å². The number of hydrogen-bond acceptors (Lipinski definition) is 12. The first-order valence-electron chi connectivity index (χ1n) is 19.2. The highest BCUT2D eigenvalue weighted by Gasteiger charge is 2.33. The van der Waals surface area contributed by atoms with E-state index >= 15 is 0 Å². The molecule has 1 heterocycles. The number of halogens is 1. The molecule has 4 rings (SSSR count). The molecule has 0 aliphatic carbocycles. The van der Waals surface area contributed by atoms with Crippen molar-refractivity contribution in [2.24, 2.45) is 5.18 Å². The number of amides is 2. The number of benzene rings is 3. The van der Waals surface area contributed by atoms with Gasteiger partial charge in [0.05, 0.1) is 105 Å². The van der Waals surface area contributed by atoms with E-state index in [0.29, 0.717) is 116 Å². The molecule has 14 nitrogen and oxygen atoms in total. The molecular weight excluding hydrogens is 756 g/mol. The third kappa shape index (κ3) is 16.3. The van der Waals surface area contributed by atoms with E-state index in [1.165, 1.54) is 0 Å². The predicted octanol–water partition coefficient (Wildman–Crippen LogP) is 6.08. The van der Waals surface area contributed by atoms with Crippen LogP contribution in [0.25, 0.3) is 11.1 Å². The fourth-order valence-corrected chi connectivity index (χ4v) is 6.18. The molecule has 0 spiro atoms. The molecule has 3 aromatic carbocycles. The molecule has 0 fully saturated rings. The molecule has 2 N–H and O–H groups in total. The first-order chi connectivity index (χ1) is 27.9. The minimum absolute atomic E-state index is 0.0438. The van der Waals surface area contributed by atoms with Gasteiger partial charge in [-0.2, -0.15) is 4.91 Å². The van der Waals surface area contributed by atoms with Crippen molar-refractivity contribution >= 4 is 34.8 Å². The molecule has 1 aliphatic heterocycles. The summed E-state index contributed by atoms with van der Waals surface area (Å²) in [5, 5.41) is 9.89. The van der Waals surface area contributed by atoms with Crippen LogP contribution in [0.3, 0.4) is 0 Å². The molecule has 0 saturated heterocycles. The molecular formula is C42H55ClN4O10. The van der Waals surface area contributed by atoms with Crippen LogP contribution in [-0.4, -0.2) is 123 Å². The second kappa shape index (κ2) is 26.6. The Morgan fingerprint density at radius 2 is 1.25 bits per heavy atom. The lowest BCUT2D eigenvalue weighted by Crippen LogP contribution is -2.43. The maximum Gasteiger partial charge on any atom is 0.251 e. The topological polar surface area (TPSA) is 155 Å². The summed E-state index contributed by atoms with van der Waals surface area (Å²) in [6.07, 6.45) is 2.47. The minimum atomic E-state index is -0.185. The highest BCUT2D eigenvalue weighted by molar-refractivity contribution is 6.30. The van der Waals surface area contributed by atoms with E-state index in [9.17, 15) is 14.5 Å². The molecule has 0 bridgehead atoms. The summed E-state index contributed by atoms with van der Waals surface area (Å²) in [4.78, 5) is 37.3. The second-order valence-corrected chi connectivity index (χ2v) is 13.3. The van der Waals surface area contributed by atoms with Crippen LogP contribution in [0.1, 0.15) is 35.3 Å². The van der Waals surface area contributed by atoms with Crippen molar-refractivity contribution in [1.82, 2.24) is 5.32 Å². The molecule has 0 radical (unpaired) electrons. The van der Waals surface area contributed by atoms with Crippen LogP contribution >= 0.6 is 11.6 Å². The lowest BCUT2D eigenvalue weighted by molar-refractivity contribution is -0.117. The van der Waals surface area contributed by atoms with Crippen LogP contribution in [0, 0.1) is 4.91 Å². The van der Waals surface area contributed by atoms with Gasteiger partial charge in [0.2, 0.25) is 5.91 Å². The third-order valence-corrected chi connectivity index (χ3v) is 9.09. The highest BCUT2D eigenvalue weighted by Crippen LogP contribution is 2.41. The number of nitroso groups, excluding NO2 is 1. The van der Waals surface area contributed by atoms with E-state index in [1.807, 2.05) is 54.6 Å². The van der Waals surface area contributed by atoms with E-state index < -0.39 is 0 Å². The minimum Gasteiger partial charge on any atom is -0.378 e. The Labute approximate surface area is 340 Å². The van der Waals surface area contributed by atoms with Gasteiger partial charge in [-0.15, -0.1) is 6.58 Å². The summed E-state index contributed by atoms with van der Waals surface area (Å²) in [6.45, 7) is 12.1. The highest BCUT2D eigenvalue weighted by atomic mass is 35.5. The van der Waals surface area contributed by atoms with Gasteiger partial charge in [0.15, 0.2) is 0 Å². The third-order valence-electron chi connectivity index (χ3n) is 8.84. The van der Waals surface area contributed by atoms with Crippen molar-refractivity contribution in [3.63, 3.8) is 0 Å². The Morgan fingerprint density at radius 1 is 0.737 bits per heavy atom. The molecule has 15 heteroatoms. The smallest absolute Gasteiger partial charge is 0.251 e. The fraction of sp³-hybridized carbons (Fsp3) is 0.476. The van der Waals surface area contributed by atoms with Crippen LogP contribution in [-0.2, 0) is 38.0 Å². The molecule has 1 unspecified atom stereocenters. The van der Waals surface area contributed by atoms with Gasteiger partial charge in [-0.05, 0) is 71.6 Å². The SMILES string of the molecule is C=C[C@H]1CC(Nc2ccc(Cl)cc2)c2cc(-c3ccc(C(=O)NCCOCCOCCOCCOCCOCCOCCOCCN=O)cc3)ccc2N1C(C)=O. The number of nitrogens with one attached hydrogen (secondary N) is 2. The Balaban J connectivity index is 1.06. The molecule has 2 amide bonds. The van der Waals surface area contributed by atoms with Crippen molar-refractivity contribution in [2.45, 2.75) is 25.4 Å². The van der Waals surface area contributed by atoms with Crippen molar-refractivity contribution in [2.75, 3.05) is 116 Å². The van der Waals surface area contributed by atoms with Crippen LogP contribution in [0.15, 0.2) is 84.6 Å². The molecule has 57 heavy (non-hydrogen) atoms. The number of nitrogens with zero attached hydrogens (tertiary/aromatic N) is 2. The van der Waals surface area contributed by atoms with Gasteiger partial charge in [0.25, 0.3) is 5.91 Å². The zero-order valence-electron chi connectivity index (χ0n) is 32.7. The maximum atomic E-state index is 12.8. The number of rotatable bonds is 29. The van der Waals surface area contributed by atoms with Crippen LogP contribution in [0.5, 0.6) is 0 Å². The predicted molar refractivity (Wildman–Crippen MR) is 220 cm³/mol. The van der Waals surface area contributed by atoms with Gasteiger partial charge < -0.3 is 48.7 Å². The Bertz CT molecular complexity index is 1650. The normalized spacial score (nSPS) is 14.9. The summed E-state index contributed by atoms with van der Waals surface area (Å²) in [5.41, 5.74) is 5.24. The van der Waals surface area contributed by atoms with Gasteiger partial charge in [0, 0.05) is 35.4 Å². The van der Waals surface area contributed by atoms with Gasteiger partial charge >= 0.3 is 0 Å². The lowest BCUT2D eigenvalue weighted by atomic mass is 9.88. The fourth-order valence-electron chi connectivity index (χ4n) is 6.05. The second-order valence-electron chi connectivity index (χ2n) is 12.9. The van der Waals surface area contributed by atoms with Crippen molar-refractivity contribution in [3.05, 3.63) is 100 Å². The first kappa shape index (κ1) is 45.5. The summed E-state index contributed by atoms with van der Waals surface area (Å²) < 4.78 is 38.0. The summed E-state index contributed by atoms with van der Waals surface area (Å²) in [5.74, 6) is -0.229. The number of carbonyl (C=O) groups is 2. The number of anilines is 2. The van der Waals surface area contributed by atoms with Gasteiger partial charge in [-0.1, -0.05) is 41.1 Å². The summed E-state index contributed by atoms with van der Waals surface area (Å²) >= 11 is 6.12. The molecule has 2 atom stereocenters. The molecule has 1 aliphatic rings.